The van der Waals surface area contributed by atoms with Gasteiger partial charge in [0.05, 0.1) is 11.0 Å². The second kappa shape index (κ2) is 11.4. The van der Waals surface area contributed by atoms with Gasteiger partial charge in [-0.1, -0.05) is 133 Å². The third-order valence-corrected chi connectivity index (χ3v) is 9.47. The molecule has 0 saturated heterocycles. The molecule has 0 bridgehead atoms. The Morgan fingerprint density at radius 1 is 0.340 bits per heavy atom. The van der Waals surface area contributed by atoms with Crippen LogP contribution in [-0.4, -0.2) is 19.5 Å². The van der Waals surface area contributed by atoms with Crippen molar-refractivity contribution in [1.82, 2.24) is 19.5 Å². The topological polar surface area (TPSA) is 56.7 Å². The average Bonchev–Trinajstić information content (AvgIpc) is 3.73. The summed E-state index contributed by atoms with van der Waals surface area (Å²) in [6.45, 7) is 0. The fourth-order valence-electron chi connectivity index (χ4n) is 7.03. The lowest BCUT2D eigenvalue weighted by Crippen LogP contribution is -2.00. The van der Waals surface area contributed by atoms with E-state index in [-0.39, 0.29) is 0 Å². The molecule has 0 unspecified atom stereocenters. The van der Waals surface area contributed by atoms with Gasteiger partial charge in [0.2, 0.25) is 0 Å². The minimum absolute atomic E-state index is 0.618. The van der Waals surface area contributed by atoms with Gasteiger partial charge in [-0.15, -0.1) is 0 Å². The van der Waals surface area contributed by atoms with Crippen LogP contribution in [0.5, 0.6) is 0 Å². The molecule has 0 N–H and O–H groups in total. The van der Waals surface area contributed by atoms with E-state index in [9.17, 15) is 0 Å². The number of para-hydroxylation sites is 2. The van der Waals surface area contributed by atoms with Gasteiger partial charge in [-0.25, -0.2) is 15.0 Å². The third-order valence-electron chi connectivity index (χ3n) is 9.47. The van der Waals surface area contributed by atoms with Gasteiger partial charge in [-0.3, -0.25) is 0 Å². The number of aromatic nitrogens is 4. The van der Waals surface area contributed by atoms with Gasteiger partial charge in [-0.2, -0.15) is 0 Å². The van der Waals surface area contributed by atoms with Gasteiger partial charge in [0, 0.05) is 50.0 Å². The van der Waals surface area contributed by atoms with E-state index in [1.807, 2.05) is 48.5 Å². The zero-order chi connectivity index (χ0) is 33.0. The summed E-state index contributed by atoms with van der Waals surface area (Å²) >= 11 is 0. The van der Waals surface area contributed by atoms with Crippen molar-refractivity contribution in [2.24, 2.45) is 0 Å². The van der Waals surface area contributed by atoms with Crippen LogP contribution >= 0.6 is 0 Å². The van der Waals surface area contributed by atoms with Crippen molar-refractivity contribution in [3.05, 3.63) is 170 Å². The van der Waals surface area contributed by atoms with E-state index in [0.29, 0.717) is 17.5 Å². The Hall–Kier alpha value is -6.85. The highest BCUT2D eigenvalue weighted by atomic mass is 16.3. The molecule has 0 amide bonds. The Morgan fingerprint density at radius 3 is 1.60 bits per heavy atom. The van der Waals surface area contributed by atoms with Gasteiger partial charge in [0.25, 0.3) is 0 Å². The number of furan rings is 1. The smallest absolute Gasteiger partial charge is 0.164 e. The zero-order valence-electron chi connectivity index (χ0n) is 26.9. The van der Waals surface area contributed by atoms with Crippen molar-refractivity contribution < 1.29 is 4.42 Å². The number of hydrogen-bond acceptors (Lipinski definition) is 4. The van der Waals surface area contributed by atoms with Crippen LogP contribution in [0.15, 0.2) is 174 Å². The molecule has 0 saturated carbocycles. The molecule has 0 radical (unpaired) electrons. The van der Waals surface area contributed by atoms with Crippen LogP contribution < -0.4 is 0 Å². The van der Waals surface area contributed by atoms with E-state index in [1.54, 1.807) is 0 Å². The Bertz CT molecular complexity index is 2850. The summed E-state index contributed by atoms with van der Waals surface area (Å²) in [5.41, 5.74) is 10.1. The molecule has 50 heavy (non-hydrogen) atoms. The second-order valence-electron chi connectivity index (χ2n) is 12.5. The van der Waals surface area contributed by atoms with E-state index in [2.05, 4.69) is 126 Å². The van der Waals surface area contributed by atoms with Crippen molar-refractivity contribution in [3.8, 4) is 51.0 Å². The zero-order valence-corrected chi connectivity index (χ0v) is 26.9. The Balaban J connectivity index is 1.15. The van der Waals surface area contributed by atoms with Crippen LogP contribution in [0, 0.1) is 0 Å². The minimum Gasteiger partial charge on any atom is -0.456 e. The van der Waals surface area contributed by atoms with E-state index in [0.717, 1.165) is 66.3 Å². The first kappa shape index (κ1) is 28.2. The molecule has 7 aromatic carbocycles. The molecule has 0 aliphatic carbocycles. The highest BCUT2D eigenvalue weighted by molar-refractivity contribution is 6.11. The normalized spacial score (nSPS) is 11.6. The number of rotatable bonds is 5. The summed E-state index contributed by atoms with van der Waals surface area (Å²) in [7, 11) is 0. The van der Waals surface area contributed by atoms with Gasteiger partial charge in [0.15, 0.2) is 17.5 Å². The fraction of sp³-hybridized carbons (Fsp3) is 0. The second-order valence-corrected chi connectivity index (χ2v) is 12.5. The molecule has 3 aromatic heterocycles. The lowest BCUT2D eigenvalue weighted by Gasteiger charge is -2.11. The van der Waals surface area contributed by atoms with Crippen LogP contribution in [0.25, 0.3) is 94.7 Å². The van der Waals surface area contributed by atoms with Gasteiger partial charge in [0.1, 0.15) is 11.2 Å². The summed E-state index contributed by atoms with van der Waals surface area (Å²) in [5.74, 6) is 1.88. The van der Waals surface area contributed by atoms with Crippen LogP contribution in [0.4, 0.5) is 0 Å². The van der Waals surface area contributed by atoms with Gasteiger partial charge < -0.3 is 8.98 Å². The number of benzene rings is 7. The van der Waals surface area contributed by atoms with E-state index >= 15 is 0 Å². The number of nitrogens with zero attached hydrogens (tertiary/aromatic N) is 4. The van der Waals surface area contributed by atoms with Crippen LogP contribution in [0.3, 0.4) is 0 Å². The molecule has 0 fully saturated rings. The summed E-state index contributed by atoms with van der Waals surface area (Å²) in [6, 6.07) is 58.6. The molecule has 0 aliphatic heterocycles. The maximum atomic E-state index is 6.31. The highest BCUT2D eigenvalue weighted by Crippen LogP contribution is 2.37. The lowest BCUT2D eigenvalue weighted by molar-refractivity contribution is 0.668. The van der Waals surface area contributed by atoms with E-state index in [1.165, 1.54) is 10.9 Å². The quantitative estimate of drug-likeness (QED) is 0.188. The summed E-state index contributed by atoms with van der Waals surface area (Å²) in [5, 5.41) is 4.56. The van der Waals surface area contributed by atoms with Gasteiger partial charge >= 0.3 is 0 Å². The van der Waals surface area contributed by atoms with Gasteiger partial charge in [-0.05, 0) is 41.5 Å². The number of hydrogen-bond donors (Lipinski definition) is 0. The first-order chi connectivity index (χ1) is 24.8. The first-order valence-electron chi connectivity index (χ1n) is 16.7. The highest BCUT2D eigenvalue weighted by Gasteiger charge is 2.18. The molecule has 0 spiro atoms. The Labute approximate surface area is 287 Å². The predicted molar refractivity (Wildman–Crippen MR) is 203 cm³/mol. The minimum atomic E-state index is 0.618. The summed E-state index contributed by atoms with van der Waals surface area (Å²) in [6.07, 6.45) is 0. The van der Waals surface area contributed by atoms with E-state index < -0.39 is 0 Å². The molecular formula is C45H28N4O. The SMILES string of the molecule is c1ccc(-c2ccc(-c3nc(-c4ccccc4)nc(-c4ccc5c6ccccc6n(-c6ccc7c(c6)oc6ccccc67)c5c4)n3)cc2)cc1. The molecule has 5 heteroatoms. The van der Waals surface area contributed by atoms with Crippen molar-refractivity contribution >= 4 is 43.7 Å². The first-order valence-corrected chi connectivity index (χ1v) is 16.7. The summed E-state index contributed by atoms with van der Waals surface area (Å²) < 4.78 is 8.62. The molecular weight excluding hydrogens is 613 g/mol. The lowest BCUT2D eigenvalue weighted by atomic mass is 10.0. The van der Waals surface area contributed by atoms with Crippen molar-refractivity contribution in [2.45, 2.75) is 0 Å². The molecule has 234 valence electrons. The maximum Gasteiger partial charge on any atom is 0.164 e. The van der Waals surface area contributed by atoms with Crippen molar-refractivity contribution in [1.29, 1.82) is 0 Å². The number of fused-ring (bicyclic) bond motifs is 6. The third kappa shape index (κ3) is 4.67. The maximum absolute atomic E-state index is 6.31. The average molecular weight is 641 g/mol. The predicted octanol–water partition coefficient (Wildman–Crippen LogP) is 11.5. The molecule has 10 aromatic rings. The van der Waals surface area contributed by atoms with Crippen LogP contribution in [0.1, 0.15) is 0 Å². The largest absolute Gasteiger partial charge is 0.456 e. The van der Waals surface area contributed by atoms with Crippen molar-refractivity contribution in [2.75, 3.05) is 0 Å². The van der Waals surface area contributed by atoms with Crippen LogP contribution in [0.2, 0.25) is 0 Å². The Morgan fingerprint density at radius 2 is 0.840 bits per heavy atom. The molecule has 0 aliphatic rings. The standard InChI is InChI=1S/C45H28N4O/c1-3-11-29(12-4-1)30-19-21-32(22-20-30)44-46-43(31-13-5-2-6-14-31)47-45(48-44)33-23-25-36-35-15-7-9-17-39(35)49(40(36)27-33)34-24-26-38-37-16-8-10-18-41(37)50-42(38)28-34/h1-28H. The van der Waals surface area contributed by atoms with Crippen molar-refractivity contribution in [3.63, 3.8) is 0 Å². The monoisotopic (exact) mass is 640 g/mol. The molecule has 5 nitrogen and oxygen atoms in total. The fourth-order valence-corrected chi connectivity index (χ4v) is 7.03. The molecule has 3 heterocycles. The summed E-state index contributed by atoms with van der Waals surface area (Å²) in [4.78, 5) is 15.1. The van der Waals surface area contributed by atoms with Crippen LogP contribution in [-0.2, 0) is 0 Å². The van der Waals surface area contributed by atoms with E-state index in [4.69, 9.17) is 19.4 Å². The molecule has 10 rings (SSSR count). The molecule has 0 atom stereocenters. The Kier molecular flexibility index (Phi) is 6.42.